The molecule has 2 aromatic heterocycles. The van der Waals surface area contributed by atoms with Crippen molar-refractivity contribution in [2.24, 2.45) is 0 Å². The van der Waals surface area contributed by atoms with Gasteiger partial charge in [0.05, 0.1) is 0 Å². The predicted octanol–water partition coefficient (Wildman–Crippen LogP) is 11.7. The van der Waals surface area contributed by atoms with Crippen molar-refractivity contribution >= 4 is 7.25 Å². The van der Waals surface area contributed by atoms with E-state index in [-0.39, 0.29) is 0 Å². The maximum atomic E-state index is 9.75. The normalized spacial score (nSPS) is 11.6. The molecule has 0 atom stereocenters. The van der Waals surface area contributed by atoms with Crippen LogP contribution in [-0.4, -0.2) is 25.5 Å². The van der Waals surface area contributed by atoms with Crippen molar-refractivity contribution in [3.63, 3.8) is 0 Å². The minimum absolute atomic E-state index is 1.12. The number of rotatable bonds is 4. The van der Waals surface area contributed by atoms with Gasteiger partial charge in [0.2, 0.25) is 0 Å². The molecule has 6 rings (SSSR count). The molecule has 4 aromatic carbocycles. The van der Waals surface area contributed by atoms with E-state index >= 15 is 0 Å². The second kappa shape index (κ2) is 14.9. The van der Waals surface area contributed by atoms with Crippen LogP contribution < -0.4 is 0 Å². The quantitative estimate of drug-likeness (QED) is 0.126. The Morgan fingerprint density at radius 2 is 0.500 bits per heavy atom. The van der Waals surface area contributed by atoms with Gasteiger partial charge in [-0.15, -0.1) is 0 Å². The summed E-state index contributed by atoms with van der Waals surface area (Å²) in [5, 5.41) is 0. The first-order chi connectivity index (χ1) is 24.2. The molecule has 4 nitrogen and oxygen atoms in total. The summed E-state index contributed by atoms with van der Waals surface area (Å²) in [4.78, 5) is 0. The number of benzene rings is 4. The SMILES string of the molecule is Cc1cc(C)c(-n2ccn(-c3c(C)cc(C)cc3C)[c]2=[Cu+]=[c]2n(-c3c(C)cc(C)cc3C)ccn2-c2c(C)cc(C)cc2C)c(C)c1.F[B-](F)(F)F. The zero-order valence-electron chi connectivity index (χ0n) is 32.1. The molecule has 0 N–H and O–H groups in total. The minimum atomic E-state index is -6.00. The molecule has 0 aliphatic heterocycles. The summed E-state index contributed by atoms with van der Waals surface area (Å²) in [5.74, 6) is 0. The molecule has 0 bridgehead atoms. The van der Waals surface area contributed by atoms with Crippen molar-refractivity contribution in [3.05, 3.63) is 149 Å². The standard InChI is InChI=1S/2C21H24N2.BF4.Cu/c2*1-14-9-16(3)20(17(4)10-14)22-7-8-23(13-22)21-18(5)11-15(2)12-19(21)6;2-1(3,4)5;/h2*7-12H,1-6H3;;/q;;-1;+1. The third-order valence-electron chi connectivity index (χ3n) is 9.09. The van der Waals surface area contributed by atoms with E-state index < -0.39 is 7.25 Å². The van der Waals surface area contributed by atoms with Crippen LogP contribution in [-0.2, 0) is 14.1 Å². The van der Waals surface area contributed by atoms with Crippen LogP contribution in [0.25, 0.3) is 22.7 Å². The van der Waals surface area contributed by atoms with Gasteiger partial charge >= 0.3 is 294 Å². The Kier molecular flexibility index (Phi) is 11.1. The first kappa shape index (κ1) is 38.8. The first-order valence-electron chi connectivity index (χ1n) is 17.3. The van der Waals surface area contributed by atoms with Crippen LogP contribution in [0.5, 0.6) is 0 Å². The number of imidazole rings is 2. The third kappa shape index (κ3) is 8.14. The Bertz CT molecular complexity index is 2070. The van der Waals surface area contributed by atoms with Crippen LogP contribution >= 0.6 is 0 Å². The molecule has 6 aromatic rings. The molecular formula is C42H48BCuF4N4. The smallest absolute Gasteiger partial charge is 0.418 e. The van der Waals surface area contributed by atoms with Gasteiger partial charge in [-0.3, -0.25) is 0 Å². The number of aromatic nitrogens is 4. The topological polar surface area (TPSA) is 19.7 Å². The Morgan fingerprint density at radius 3 is 0.654 bits per heavy atom. The van der Waals surface area contributed by atoms with Crippen molar-refractivity contribution in [2.45, 2.75) is 83.1 Å². The summed E-state index contributed by atoms with van der Waals surface area (Å²) >= 11 is 1.96. The monoisotopic (exact) mass is 758 g/mol. The number of hydrogen-bond acceptors (Lipinski definition) is 0. The van der Waals surface area contributed by atoms with Crippen LogP contribution in [0.4, 0.5) is 17.3 Å². The molecule has 0 spiro atoms. The fourth-order valence-corrected chi connectivity index (χ4v) is 9.11. The molecule has 0 unspecified atom stereocenters. The maximum Gasteiger partial charge on any atom is 0.673 e. The van der Waals surface area contributed by atoms with Gasteiger partial charge in [0, 0.05) is 0 Å². The van der Waals surface area contributed by atoms with E-state index in [9.17, 15) is 17.3 Å². The summed E-state index contributed by atoms with van der Waals surface area (Å²) in [5.41, 5.74) is 20.2. The predicted molar refractivity (Wildman–Crippen MR) is 204 cm³/mol. The molecule has 278 valence electrons. The second-order valence-corrected chi connectivity index (χ2v) is 15.2. The number of aryl methyl sites for hydroxylation is 12. The zero-order valence-corrected chi connectivity index (χ0v) is 33.0. The van der Waals surface area contributed by atoms with Crippen LogP contribution in [0, 0.1) is 91.7 Å². The van der Waals surface area contributed by atoms with Gasteiger partial charge in [0.1, 0.15) is 0 Å². The van der Waals surface area contributed by atoms with Crippen molar-refractivity contribution in [1.82, 2.24) is 18.3 Å². The Hall–Kier alpha value is -4.40. The largest absolute Gasteiger partial charge is 0.673 e. The van der Waals surface area contributed by atoms with E-state index in [2.05, 4.69) is 175 Å². The van der Waals surface area contributed by atoms with Crippen molar-refractivity contribution in [3.8, 4) is 22.7 Å². The summed E-state index contributed by atoms with van der Waals surface area (Å²) < 4.78 is 50.8. The fourth-order valence-electron chi connectivity index (χ4n) is 7.77. The average molecular weight is 759 g/mol. The summed E-state index contributed by atoms with van der Waals surface area (Å²) in [6.07, 6.45) is 8.97. The summed E-state index contributed by atoms with van der Waals surface area (Å²) in [7, 11) is -6.00. The zero-order chi connectivity index (χ0) is 38.4. The van der Waals surface area contributed by atoms with Gasteiger partial charge in [-0.05, 0) is 0 Å². The molecule has 2 heterocycles. The second-order valence-electron chi connectivity index (χ2n) is 14.1. The van der Waals surface area contributed by atoms with Crippen LogP contribution in [0.3, 0.4) is 0 Å². The van der Waals surface area contributed by atoms with E-state index in [0.717, 1.165) is 8.65 Å². The Labute approximate surface area is 310 Å². The van der Waals surface area contributed by atoms with Crippen molar-refractivity contribution in [2.75, 3.05) is 0 Å². The van der Waals surface area contributed by atoms with Gasteiger partial charge in [-0.1, -0.05) is 0 Å². The molecule has 52 heavy (non-hydrogen) atoms. The van der Waals surface area contributed by atoms with Gasteiger partial charge in [0.15, 0.2) is 0 Å². The van der Waals surface area contributed by atoms with E-state index in [4.69, 9.17) is 0 Å². The van der Waals surface area contributed by atoms with Gasteiger partial charge in [-0.25, -0.2) is 0 Å². The number of hydrogen-bond donors (Lipinski definition) is 0. The molecular weight excluding hydrogens is 711 g/mol. The third-order valence-corrected chi connectivity index (χ3v) is 10.4. The molecule has 0 aliphatic carbocycles. The van der Waals surface area contributed by atoms with Crippen molar-refractivity contribution < 1.29 is 31.3 Å². The summed E-state index contributed by atoms with van der Waals surface area (Å²) in [6.45, 7) is 26.6. The Morgan fingerprint density at radius 1 is 0.346 bits per heavy atom. The fraction of sp³-hybridized carbons (Fsp3) is 0.286. The molecule has 0 radical (unpaired) electrons. The average Bonchev–Trinajstić information content (AvgIpc) is 3.55. The molecule has 0 saturated heterocycles. The molecule has 0 amide bonds. The molecule has 0 saturated carbocycles. The van der Waals surface area contributed by atoms with Gasteiger partial charge < -0.3 is 17.3 Å². The van der Waals surface area contributed by atoms with E-state index in [1.165, 1.54) is 89.5 Å². The molecule has 0 fully saturated rings. The van der Waals surface area contributed by atoms with Crippen molar-refractivity contribution in [1.29, 1.82) is 0 Å². The Balaban J connectivity index is 0.000000979. The van der Waals surface area contributed by atoms with Crippen LogP contribution in [0.15, 0.2) is 73.3 Å². The van der Waals surface area contributed by atoms with E-state index in [1.54, 1.807) is 0 Å². The molecule has 10 heteroatoms. The molecule has 0 aliphatic rings. The maximum absolute atomic E-state index is 9.75. The van der Waals surface area contributed by atoms with Crippen LogP contribution in [0.1, 0.15) is 66.8 Å². The number of nitrogens with zero attached hydrogens (tertiary/aromatic N) is 4. The van der Waals surface area contributed by atoms with E-state index in [1.807, 2.05) is 14.1 Å². The number of halogens is 4. The first-order valence-corrected chi connectivity index (χ1v) is 18.2. The minimum Gasteiger partial charge on any atom is -0.418 e. The van der Waals surface area contributed by atoms with Gasteiger partial charge in [0.25, 0.3) is 0 Å². The van der Waals surface area contributed by atoms with Gasteiger partial charge in [-0.2, -0.15) is 0 Å². The van der Waals surface area contributed by atoms with E-state index in [0.29, 0.717) is 0 Å². The van der Waals surface area contributed by atoms with Crippen LogP contribution in [0.2, 0.25) is 0 Å². The summed E-state index contributed by atoms with van der Waals surface area (Å²) in [6, 6.07) is 18.4.